The summed E-state index contributed by atoms with van der Waals surface area (Å²) < 4.78 is 1.14. The zero-order chi connectivity index (χ0) is 11.4. The van der Waals surface area contributed by atoms with Gasteiger partial charge in [0, 0.05) is 21.6 Å². The van der Waals surface area contributed by atoms with Crippen molar-refractivity contribution in [3.05, 3.63) is 50.6 Å². The highest BCUT2D eigenvalue weighted by Gasteiger charge is 2.01. The van der Waals surface area contributed by atoms with Gasteiger partial charge in [-0.2, -0.15) is 0 Å². The monoisotopic (exact) mass is 295 g/mol. The maximum absolute atomic E-state index is 3.50. The summed E-state index contributed by atoms with van der Waals surface area (Å²) in [5.74, 6) is 0. The average Bonchev–Trinajstić information content (AvgIpc) is 2.80. The number of rotatable bonds is 4. The third-order valence-corrected chi connectivity index (χ3v) is 3.85. The molecule has 1 N–H and O–H groups in total. The Hall–Kier alpha value is -0.800. The summed E-state index contributed by atoms with van der Waals surface area (Å²) in [6.07, 6.45) is 1.05. The highest BCUT2D eigenvalue weighted by atomic mass is 79.9. The summed E-state index contributed by atoms with van der Waals surface area (Å²) >= 11 is 5.29. The van der Waals surface area contributed by atoms with Gasteiger partial charge >= 0.3 is 0 Å². The Bertz CT molecular complexity index is 451. The van der Waals surface area contributed by atoms with Gasteiger partial charge in [-0.15, -0.1) is 11.3 Å². The number of anilines is 1. The minimum Gasteiger partial charge on any atom is -0.380 e. The van der Waals surface area contributed by atoms with Crippen molar-refractivity contribution in [1.29, 1.82) is 0 Å². The van der Waals surface area contributed by atoms with Crippen molar-refractivity contribution in [2.45, 2.75) is 19.9 Å². The molecule has 0 aliphatic rings. The van der Waals surface area contributed by atoms with Crippen LogP contribution in [-0.4, -0.2) is 0 Å². The fourth-order valence-corrected chi connectivity index (χ4v) is 2.68. The van der Waals surface area contributed by atoms with Gasteiger partial charge in [0.15, 0.2) is 0 Å². The third kappa shape index (κ3) is 2.86. The molecule has 0 bridgehead atoms. The first-order valence-corrected chi connectivity index (χ1v) is 7.01. The Morgan fingerprint density at radius 1 is 1.31 bits per heavy atom. The second kappa shape index (κ2) is 5.51. The molecule has 0 radical (unpaired) electrons. The summed E-state index contributed by atoms with van der Waals surface area (Å²) in [6, 6.07) is 10.6. The lowest BCUT2D eigenvalue weighted by Crippen LogP contribution is -2.00. The number of hydrogen-bond donors (Lipinski definition) is 1. The van der Waals surface area contributed by atoms with Crippen LogP contribution in [0.3, 0.4) is 0 Å². The second-order valence-corrected chi connectivity index (χ2v) is 5.54. The quantitative estimate of drug-likeness (QED) is 0.863. The van der Waals surface area contributed by atoms with Crippen molar-refractivity contribution in [1.82, 2.24) is 0 Å². The average molecular weight is 296 g/mol. The predicted octanol–water partition coefficient (Wildman–Crippen LogP) is 4.69. The first kappa shape index (κ1) is 11.7. The Labute approximate surface area is 109 Å². The molecule has 0 saturated heterocycles. The molecule has 0 saturated carbocycles. The third-order valence-electron chi connectivity index (χ3n) is 2.48. The largest absolute Gasteiger partial charge is 0.380 e. The van der Waals surface area contributed by atoms with Crippen molar-refractivity contribution in [3.8, 4) is 0 Å². The van der Waals surface area contributed by atoms with E-state index in [2.05, 4.69) is 63.9 Å². The summed E-state index contributed by atoms with van der Waals surface area (Å²) in [5.41, 5.74) is 2.59. The number of nitrogens with one attached hydrogen (secondary N) is 1. The second-order valence-electron chi connectivity index (χ2n) is 3.59. The SMILES string of the molecule is CCc1cc(Br)ccc1NCc1cccs1. The number of aryl methyl sites for hydroxylation is 1. The molecule has 16 heavy (non-hydrogen) atoms. The lowest BCUT2D eigenvalue weighted by Gasteiger charge is -2.10. The standard InChI is InChI=1S/C13H14BrNS/c1-2-10-8-11(14)5-6-13(10)15-9-12-4-3-7-16-12/h3-8,15H,2,9H2,1H3. The number of halogens is 1. The number of hydrogen-bond acceptors (Lipinski definition) is 2. The molecule has 0 aliphatic heterocycles. The molecule has 0 unspecified atom stereocenters. The van der Waals surface area contributed by atoms with Crippen LogP contribution < -0.4 is 5.32 Å². The Balaban J connectivity index is 2.09. The smallest absolute Gasteiger partial charge is 0.0494 e. The van der Waals surface area contributed by atoms with E-state index in [-0.39, 0.29) is 0 Å². The van der Waals surface area contributed by atoms with Gasteiger partial charge in [0.25, 0.3) is 0 Å². The van der Waals surface area contributed by atoms with Gasteiger partial charge in [0.05, 0.1) is 0 Å². The molecule has 1 aromatic carbocycles. The number of thiophene rings is 1. The molecule has 0 fully saturated rings. The molecule has 0 spiro atoms. The summed E-state index contributed by atoms with van der Waals surface area (Å²) in [6.45, 7) is 3.09. The summed E-state index contributed by atoms with van der Waals surface area (Å²) in [5, 5.41) is 5.59. The fraction of sp³-hybridized carbons (Fsp3) is 0.231. The molecule has 1 nitrogen and oxygen atoms in total. The van der Waals surface area contributed by atoms with Crippen LogP contribution in [0.4, 0.5) is 5.69 Å². The van der Waals surface area contributed by atoms with Crippen LogP contribution in [0.2, 0.25) is 0 Å². The van der Waals surface area contributed by atoms with Crippen LogP contribution >= 0.6 is 27.3 Å². The summed E-state index contributed by atoms with van der Waals surface area (Å²) in [4.78, 5) is 1.37. The van der Waals surface area contributed by atoms with Gasteiger partial charge in [-0.1, -0.05) is 28.9 Å². The molecule has 1 heterocycles. The molecule has 1 aromatic heterocycles. The fourth-order valence-electron chi connectivity index (χ4n) is 1.62. The molecule has 0 amide bonds. The van der Waals surface area contributed by atoms with Crippen LogP contribution in [0.5, 0.6) is 0 Å². The van der Waals surface area contributed by atoms with Crippen molar-refractivity contribution in [3.63, 3.8) is 0 Å². The highest BCUT2D eigenvalue weighted by Crippen LogP contribution is 2.22. The summed E-state index contributed by atoms with van der Waals surface area (Å²) in [7, 11) is 0. The van der Waals surface area contributed by atoms with E-state index in [1.807, 2.05) is 0 Å². The van der Waals surface area contributed by atoms with E-state index in [9.17, 15) is 0 Å². The maximum atomic E-state index is 3.50. The number of benzene rings is 1. The van der Waals surface area contributed by atoms with Gasteiger partial charge in [-0.05, 0) is 41.6 Å². The first-order chi connectivity index (χ1) is 7.79. The normalized spacial score (nSPS) is 10.4. The molecule has 3 heteroatoms. The minimum atomic E-state index is 0.909. The topological polar surface area (TPSA) is 12.0 Å². The lowest BCUT2D eigenvalue weighted by molar-refractivity contribution is 1.10. The Morgan fingerprint density at radius 2 is 2.19 bits per heavy atom. The molecule has 0 atom stereocenters. The van der Waals surface area contributed by atoms with E-state index < -0.39 is 0 Å². The van der Waals surface area contributed by atoms with E-state index in [1.54, 1.807) is 11.3 Å². The van der Waals surface area contributed by atoms with Gasteiger partial charge in [-0.3, -0.25) is 0 Å². The predicted molar refractivity (Wildman–Crippen MR) is 75.2 cm³/mol. The molecule has 84 valence electrons. The minimum absolute atomic E-state index is 0.909. The van der Waals surface area contributed by atoms with Gasteiger partial charge in [-0.25, -0.2) is 0 Å². The zero-order valence-electron chi connectivity index (χ0n) is 9.16. The van der Waals surface area contributed by atoms with Gasteiger partial charge in [0.1, 0.15) is 0 Å². The molecule has 0 aliphatic carbocycles. The van der Waals surface area contributed by atoms with Crippen LogP contribution in [0, 0.1) is 0 Å². The van der Waals surface area contributed by atoms with Crippen molar-refractivity contribution in [2.24, 2.45) is 0 Å². The lowest BCUT2D eigenvalue weighted by atomic mass is 10.1. The van der Waals surface area contributed by atoms with Crippen molar-refractivity contribution in [2.75, 3.05) is 5.32 Å². The van der Waals surface area contributed by atoms with Crippen molar-refractivity contribution >= 4 is 33.0 Å². The zero-order valence-corrected chi connectivity index (χ0v) is 11.6. The highest BCUT2D eigenvalue weighted by molar-refractivity contribution is 9.10. The van der Waals surface area contributed by atoms with E-state index in [0.717, 1.165) is 17.4 Å². The van der Waals surface area contributed by atoms with Crippen LogP contribution in [0.15, 0.2) is 40.2 Å². The van der Waals surface area contributed by atoms with Gasteiger partial charge in [0.2, 0.25) is 0 Å². The van der Waals surface area contributed by atoms with Crippen LogP contribution in [0.25, 0.3) is 0 Å². The molecule has 2 aromatic rings. The Morgan fingerprint density at radius 3 is 2.88 bits per heavy atom. The van der Waals surface area contributed by atoms with E-state index in [0.29, 0.717) is 0 Å². The molecular weight excluding hydrogens is 282 g/mol. The maximum Gasteiger partial charge on any atom is 0.0494 e. The molecular formula is C13H14BrNS. The van der Waals surface area contributed by atoms with Crippen molar-refractivity contribution < 1.29 is 0 Å². The van der Waals surface area contributed by atoms with E-state index >= 15 is 0 Å². The Kier molecular flexibility index (Phi) is 4.02. The first-order valence-electron chi connectivity index (χ1n) is 5.34. The van der Waals surface area contributed by atoms with Crippen LogP contribution in [-0.2, 0) is 13.0 Å². The van der Waals surface area contributed by atoms with Gasteiger partial charge < -0.3 is 5.32 Å². The van der Waals surface area contributed by atoms with Crippen LogP contribution in [0.1, 0.15) is 17.4 Å². The van der Waals surface area contributed by atoms with E-state index in [4.69, 9.17) is 0 Å². The molecule has 2 rings (SSSR count). The van der Waals surface area contributed by atoms with E-state index in [1.165, 1.54) is 16.1 Å².